The first kappa shape index (κ1) is 17.5. The zero-order valence-electron chi connectivity index (χ0n) is 14.3. The first-order valence-corrected chi connectivity index (χ1v) is 8.26. The van der Waals surface area contributed by atoms with E-state index in [2.05, 4.69) is 5.32 Å². The minimum absolute atomic E-state index is 0.0232. The van der Waals surface area contributed by atoms with E-state index in [1.54, 1.807) is 26.2 Å². The second-order valence-corrected chi connectivity index (χ2v) is 6.69. The number of amides is 2. The monoisotopic (exact) mass is 317 g/mol. The normalized spacial score (nSPS) is 20.9. The van der Waals surface area contributed by atoms with Crippen molar-refractivity contribution in [2.24, 2.45) is 11.7 Å². The Balaban J connectivity index is 2.05. The molecule has 3 N–H and O–H groups in total. The van der Waals surface area contributed by atoms with Crippen molar-refractivity contribution in [1.29, 1.82) is 0 Å². The number of hydrogen-bond donors (Lipinski definition) is 2. The fourth-order valence-corrected chi connectivity index (χ4v) is 3.08. The number of carbonyl (C=O) groups excluding carboxylic acids is 2. The average Bonchev–Trinajstić information content (AvgIpc) is 2.51. The predicted octanol–water partition coefficient (Wildman–Crippen LogP) is 2.54. The first-order valence-electron chi connectivity index (χ1n) is 8.26. The summed E-state index contributed by atoms with van der Waals surface area (Å²) in [5, 5.41) is 2.95. The fraction of sp³-hybridized carbons (Fsp3) is 0.556. The van der Waals surface area contributed by atoms with Gasteiger partial charge in [-0.05, 0) is 43.4 Å². The van der Waals surface area contributed by atoms with Crippen LogP contribution in [0.25, 0.3) is 0 Å². The molecule has 1 saturated carbocycles. The van der Waals surface area contributed by atoms with Crippen LogP contribution in [0.5, 0.6) is 0 Å². The Hall–Kier alpha value is -1.88. The molecule has 0 bridgehead atoms. The summed E-state index contributed by atoms with van der Waals surface area (Å²) in [4.78, 5) is 25.9. The maximum Gasteiger partial charge on any atom is 0.253 e. The Bertz CT molecular complexity index is 584. The van der Waals surface area contributed by atoms with Gasteiger partial charge in [0.2, 0.25) is 5.91 Å². The molecule has 2 unspecified atom stereocenters. The third-order valence-electron chi connectivity index (χ3n) is 4.58. The van der Waals surface area contributed by atoms with E-state index in [4.69, 9.17) is 5.73 Å². The summed E-state index contributed by atoms with van der Waals surface area (Å²) in [6, 6.07) is 5.51. The van der Waals surface area contributed by atoms with Gasteiger partial charge in [0.15, 0.2) is 0 Å². The van der Waals surface area contributed by atoms with Gasteiger partial charge in [-0.25, -0.2) is 0 Å². The molecule has 0 aliphatic heterocycles. The molecule has 1 aromatic rings. The Morgan fingerprint density at radius 2 is 1.96 bits per heavy atom. The summed E-state index contributed by atoms with van der Waals surface area (Å²) < 4.78 is 0. The number of aryl methyl sites for hydroxylation is 1. The van der Waals surface area contributed by atoms with Crippen LogP contribution in [0.2, 0.25) is 0 Å². The Labute approximate surface area is 138 Å². The van der Waals surface area contributed by atoms with E-state index in [0.717, 1.165) is 31.2 Å². The number of hydrogen-bond acceptors (Lipinski definition) is 3. The predicted molar refractivity (Wildman–Crippen MR) is 92.4 cm³/mol. The molecular formula is C18H27N3O2. The van der Waals surface area contributed by atoms with E-state index in [0.29, 0.717) is 17.7 Å². The van der Waals surface area contributed by atoms with Crippen LogP contribution in [0.4, 0.5) is 5.69 Å². The summed E-state index contributed by atoms with van der Waals surface area (Å²) in [6.07, 6.45) is 4.79. The molecule has 0 spiro atoms. The van der Waals surface area contributed by atoms with Gasteiger partial charge in [0.05, 0.1) is 0 Å². The maximum atomic E-state index is 12.3. The molecule has 1 fully saturated rings. The second-order valence-electron chi connectivity index (χ2n) is 6.69. The van der Waals surface area contributed by atoms with Crippen LogP contribution in [-0.4, -0.2) is 36.9 Å². The standard InChI is InChI=1S/C18H27N3O2/c1-12-8-9-14(18(23)21(2)3)10-16(12)20-17(22)11-13-6-4-5-7-15(13)19/h8-10,13,15H,4-7,11,19H2,1-3H3,(H,20,22). The minimum Gasteiger partial charge on any atom is -0.345 e. The lowest BCUT2D eigenvalue weighted by molar-refractivity contribution is -0.117. The molecule has 2 amide bonds. The maximum absolute atomic E-state index is 12.3. The Kier molecular flexibility index (Phi) is 5.77. The summed E-state index contributed by atoms with van der Waals surface area (Å²) in [7, 11) is 3.43. The highest BCUT2D eigenvalue weighted by molar-refractivity contribution is 5.97. The number of nitrogens with one attached hydrogen (secondary N) is 1. The Morgan fingerprint density at radius 1 is 1.26 bits per heavy atom. The van der Waals surface area contributed by atoms with E-state index in [1.165, 1.54) is 4.90 Å². The quantitative estimate of drug-likeness (QED) is 0.896. The molecule has 1 aromatic carbocycles. The largest absolute Gasteiger partial charge is 0.345 e. The van der Waals surface area contributed by atoms with Gasteiger partial charge in [-0.3, -0.25) is 9.59 Å². The Morgan fingerprint density at radius 3 is 2.61 bits per heavy atom. The number of rotatable bonds is 4. The number of nitrogens with two attached hydrogens (primary N) is 1. The van der Waals surface area contributed by atoms with Crippen LogP contribution in [0.1, 0.15) is 48.0 Å². The van der Waals surface area contributed by atoms with E-state index < -0.39 is 0 Å². The van der Waals surface area contributed by atoms with Gasteiger partial charge in [0.25, 0.3) is 5.91 Å². The molecule has 0 heterocycles. The molecule has 5 nitrogen and oxygen atoms in total. The van der Waals surface area contributed by atoms with Crippen molar-refractivity contribution >= 4 is 17.5 Å². The van der Waals surface area contributed by atoms with Crippen molar-refractivity contribution in [3.05, 3.63) is 29.3 Å². The number of benzene rings is 1. The van der Waals surface area contributed by atoms with E-state index in [9.17, 15) is 9.59 Å². The van der Waals surface area contributed by atoms with E-state index >= 15 is 0 Å². The summed E-state index contributed by atoms with van der Waals surface area (Å²) >= 11 is 0. The van der Waals surface area contributed by atoms with Crippen molar-refractivity contribution in [2.45, 2.75) is 45.1 Å². The van der Waals surface area contributed by atoms with Gasteiger partial charge in [-0.2, -0.15) is 0 Å². The second kappa shape index (κ2) is 7.59. The lowest BCUT2D eigenvalue weighted by Gasteiger charge is -2.28. The van der Waals surface area contributed by atoms with Crippen LogP contribution < -0.4 is 11.1 Å². The van der Waals surface area contributed by atoms with Crippen LogP contribution >= 0.6 is 0 Å². The third-order valence-corrected chi connectivity index (χ3v) is 4.58. The lowest BCUT2D eigenvalue weighted by Crippen LogP contribution is -2.35. The molecule has 1 aliphatic rings. The van der Waals surface area contributed by atoms with Gasteiger partial charge >= 0.3 is 0 Å². The van der Waals surface area contributed by atoms with Gasteiger partial charge < -0.3 is 16.0 Å². The third kappa shape index (κ3) is 4.55. The molecule has 2 rings (SSSR count). The van der Waals surface area contributed by atoms with Crippen molar-refractivity contribution in [3.8, 4) is 0 Å². The van der Waals surface area contributed by atoms with Crippen molar-refractivity contribution in [3.63, 3.8) is 0 Å². The fourth-order valence-electron chi connectivity index (χ4n) is 3.08. The van der Waals surface area contributed by atoms with Gasteiger partial charge in [-0.1, -0.05) is 18.9 Å². The molecule has 0 saturated heterocycles. The lowest BCUT2D eigenvalue weighted by atomic mass is 9.83. The number of anilines is 1. The van der Waals surface area contributed by atoms with Crippen LogP contribution in [0, 0.1) is 12.8 Å². The van der Waals surface area contributed by atoms with Crippen LogP contribution in [0.3, 0.4) is 0 Å². The van der Waals surface area contributed by atoms with Crippen LogP contribution in [0.15, 0.2) is 18.2 Å². The number of nitrogens with zero attached hydrogens (tertiary/aromatic N) is 1. The summed E-state index contributed by atoms with van der Waals surface area (Å²) in [5.74, 6) is 0.162. The molecular weight excluding hydrogens is 290 g/mol. The van der Waals surface area contributed by atoms with Crippen molar-refractivity contribution in [1.82, 2.24) is 4.90 Å². The molecule has 126 valence electrons. The highest BCUT2D eigenvalue weighted by atomic mass is 16.2. The highest BCUT2D eigenvalue weighted by Crippen LogP contribution is 2.26. The molecule has 1 aliphatic carbocycles. The number of carbonyl (C=O) groups is 2. The zero-order valence-corrected chi connectivity index (χ0v) is 14.3. The summed E-state index contributed by atoms with van der Waals surface area (Å²) in [5.41, 5.74) is 8.34. The SMILES string of the molecule is Cc1ccc(C(=O)N(C)C)cc1NC(=O)CC1CCCCC1N. The van der Waals surface area contributed by atoms with Gasteiger partial charge in [0, 0.05) is 37.8 Å². The molecule has 5 heteroatoms. The summed E-state index contributed by atoms with van der Waals surface area (Å²) in [6.45, 7) is 1.92. The smallest absolute Gasteiger partial charge is 0.253 e. The van der Waals surface area contributed by atoms with E-state index in [-0.39, 0.29) is 23.8 Å². The van der Waals surface area contributed by atoms with Crippen molar-refractivity contribution in [2.75, 3.05) is 19.4 Å². The van der Waals surface area contributed by atoms with Crippen molar-refractivity contribution < 1.29 is 9.59 Å². The van der Waals surface area contributed by atoms with Gasteiger partial charge in [-0.15, -0.1) is 0 Å². The zero-order chi connectivity index (χ0) is 17.0. The minimum atomic E-state index is -0.0743. The van der Waals surface area contributed by atoms with E-state index in [1.807, 2.05) is 13.0 Å². The van der Waals surface area contributed by atoms with Crippen LogP contribution in [-0.2, 0) is 4.79 Å². The first-order chi connectivity index (χ1) is 10.9. The topological polar surface area (TPSA) is 75.4 Å². The molecule has 0 aromatic heterocycles. The van der Waals surface area contributed by atoms with Gasteiger partial charge in [0.1, 0.15) is 0 Å². The molecule has 0 radical (unpaired) electrons. The molecule has 23 heavy (non-hydrogen) atoms. The molecule has 2 atom stereocenters. The average molecular weight is 317 g/mol. The highest BCUT2D eigenvalue weighted by Gasteiger charge is 2.24.